The van der Waals surface area contributed by atoms with Crippen molar-refractivity contribution >= 4 is 0 Å². The molecule has 3 heteroatoms. The molecule has 128 valence electrons. The van der Waals surface area contributed by atoms with Crippen LogP contribution < -0.4 is 17.2 Å². The van der Waals surface area contributed by atoms with Crippen LogP contribution in [0.15, 0.2) is 24.3 Å². The van der Waals surface area contributed by atoms with Gasteiger partial charge in [0.2, 0.25) is 0 Å². The Bertz CT molecular complexity index is 328. The van der Waals surface area contributed by atoms with E-state index in [0.29, 0.717) is 12.6 Å². The van der Waals surface area contributed by atoms with Gasteiger partial charge in [0.25, 0.3) is 0 Å². The van der Waals surface area contributed by atoms with Crippen LogP contribution in [0.3, 0.4) is 0 Å². The van der Waals surface area contributed by atoms with Crippen molar-refractivity contribution in [2.75, 3.05) is 6.54 Å². The van der Waals surface area contributed by atoms with Crippen molar-refractivity contribution in [2.24, 2.45) is 23.1 Å². The maximum Gasteiger partial charge on any atom is 0.0178 e. The Morgan fingerprint density at radius 2 is 1.55 bits per heavy atom. The first-order valence-electron chi connectivity index (χ1n) is 8.74. The number of aryl methyl sites for hydroxylation is 1. The minimum absolute atomic E-state index is 0.520. The number of nitrogens with two attached hydrogens (primary N) is 3. The Morgan fingerprint density at radius 3 is 1.86 bits per heavy atom. The van der Waals surface area contributed by atoms with E-state index < -0.39 is 0 Å². The van der Waals surface area contributed by atoms with E-state index in [2.05, 4.69) is 45.0 Å². The van der Waals surface area contributed by atoms with Crippen LogP contribution in [-0.2, 0) is 6.54 Å². The lowest BCUT2D eigenvalue weighted by atomic mass is 9.88. The summed E-state index contributed by atoms with van der Waals surface area (Å²) in [4.78, 5) is 0. The van der Waals surface area contributed by atoms with Crippen LogP contribution >= 0.6 is 0 Å². The molecule has 0 saturated heterocycles. The molecule has 1 aliphatic rings. The van der Waals surface area contributed by atoms with E-state index in [1.165, 1.54) is 49.7 Å². The van der Waals surface area contributed by atoms with Crippen molar-refractivity contribution in [3.05, 3.63) is 35.4 Å². The van der Waals surface area contributed by atoms with E-state index in [9.17, 15) is 0 Å². The van der Waals surface area contributed by atoms with Crippen molar-refractivity contribution in [1.29, 1.82) is 0 Å². The SMILES string of the molecule is CC1CCC(N)CC1.CCCCN.Cc1ccc(CN)cc1. The summed E-state index contributed by atoms with van der Waals surface area (Å²) >= 11 is 0. The van der Waals surface area contributed by atoms with Gasteiger partial charge in [-0.2, -0.15) is 0 Å². The lowest BCUT2D eigenvalue weighted by Gasteiger charge is -2.22. The Balaban J connectivity index is 0.000000315. The van der Waals surface area contributed by atoms with E-state index >= 15 is 0 Å². The van der Waals surface area contributed by atoms with E-state index in [1.54, 1.807) is 0 Å². The average molecular weight is 308 g/mol. The minimum Gasteiger partial charge on any atom is -0.330 e. The second kappa shape index (κ2) is 13.7. The van der Waals surface area contributed by atoms with Crippen LogP contribution in [0.2, 0.25) is 0 Å². The Labute approximate surface area is 137 Å². The first-order chi connectivity index (χ1) is 10.5. The fraction of sp³-hybridized carbons (Fsp3) is 0.684. The minimum atomic E-state index is 0.520. The maximum absolute atomic E-state index is 5.70. The molecular formula is C19H37N3. The molecule has 22 heavy (non-hydrogen) atoms. The van der Waals surface area contributed by atoms with Crippen LogP contribution in [-0.4, -0.2) is 12.6 Å². The van der Waals surface area contributed by atoms with Gasteiger partial charge < -0.3 is 17.2 Å². The molecule has 6 N–H and O–H groups in total. The number of rotatable bonds is 3. The smallest absolute Gasteiger partial charge is 0.0178 e. The zero-order valence-electron chi connectivity index (χ0n) is 14.9. The van der Waals surface area contributed by atoms with Crippen molar-refractivity contribution < 1.29 is 0 Å². The fourth-order valence-corrected chi connectivity index (χ4v) is 2.21. The molecule has 1 saturated carbocycles. The highest BCUT2D eigenvalue weighted by Gasteiger charge is 2.13. The molecule has 0 aromatic heterocycles. The molecule has 1 aliphatic carbocycles. The van der Waals surface area contributed by atoms with Crippen molar-refractivity contribution in [3.8, 4) is 0 Å². The summed E-state index contributed by atoms with van der Waals surface area (Å²) in [5.41, 5.74) is 18.7. The summed E-state index contributed by atoms with van der Waals surface area (Å²) in [6.45, 7) is 8.00. The third kappa shape index (κ3) is 11.7. The molecule has 0 bridgehead atoms. The van der Waals surface area contributed by atoms with Crippen LogP contribution in [0.25, 0.3) is 0 Å². The van der Waals surface area contributed by atoms with Crippen molar-refractivity contribution in [1.82, 2.24) is 0 Å². The van der Waals surface area contributed by atoms with Gasteiger partial charge in [0.05, 0.1) is 0 Å². The molecule has 1 aromatic carbocycles. The highest BCUT2D eigenvalue weighted by Crippen LogP contribution is 2.21. The molecule has 0 atom stereocenters. The number of hydrogen-bond donors (Lipinski definition) is 3. The molecule has 0 radical (unpaired) electrons. The summed E-state index contributed by atoms with van der Waals surface area (Å²) in [5, 5.41) is 0. The highest BCUT2D eigenvalue weighted by atomic mass is 14.6. The molecule has 0 spiro atoms. The van der Waals surface area contributed by atoms with Gasteiger partial charge >= 0.3 is 0 Å². The molecule has 1 fully saturated rings. The van der Waals surface area contributed by atoms with Gasteiger partial charge in [-0.1, -0.05) is 50.1 Å². The summed E-state index contributed by atoms with van der Waals surface area (Å²) < 4.78 is 0. The topological polar surface area (TPSA) is 78.1 Å². The fourth-order valence-electron chi connectivity index (χ4n) is 2.21. The van der Waals surface area contributed by atoms with E-state index in [4.69, 9.17) is 17.2 Å². The molecular weight excluding hydrogens is 270 g/mol. The van der Waals surface area contributed by atoms with E-state index in [-0.39, 0.29) is 0 Å². The van der Waals surface area contributed by atoms with Gasteiger partial charge in [-0.25, -0.2) is 0 Å². The van der Waals surface area contributed by atoms with Crippen molar-refractivity contribution in [3.63, 3.8) is 0 Å². The molecule has 3 nitrogen and oxygen atoms in total. The predicted octanol–water partition coefficient (Wildman–Crippen LogP) is 3.72. The van der Waals surface area contributed by atoms with Crippen LogP contribution in [0.1, 0.15) is 63.5 Å². The van der Waals surface area contributed by atoms with Gasteiger partial charge in [-0.3, -0.25) is 0 Å². The zero-order valence-corrected chi connectivity index (χ0v) is 14.9. The lowest BCUT2D eigenvalue weighted by molar-refractivity contribution is 0.348. The summed E-state index contributed by atoms with van der Waals surface area (Å²) in [5.74, 6) is 0.940. The standard InChI is InChI=1S/C8H11N.C7H15N.C4H11N/c1-7-2-4-8(6-9)5-3-7;1-6-2-4-7(8)5-3-6;1-2-3-4-5/h2-5H,6,9H2,1H3;6-7H,2-5,8H2,1H3;2-5H2,1H3. The Kier molecular flexibility index (Phi) is 13.2. The lowest BCUT2D eigenvalue weighted by Crippen LogP contribution is -2.25. The zero-order chi connectivity index (χ0) is 16.8. The highest BCUT2D eigenvalue weighted by molar-refractivity contribution is 5.20. The molecule has 0 heterocycles. The molecule has 1 aromatic rings. The van der Waals surface area contributed by atoms with Crippen LogP contribution in [0.4, 0.5) is 0 Å². The quantitative estimate of drug-likeness (QED) is 0.796. The van der Waals surface area contributed by atoms with E-state index in [0.717, 1.165) is 12.5 Å². The van der Waals surface area contributed by atoms with Crippen LogP contribution in [0, 0.1) is 12.8 Å². The number of hydrogen-bond acceptors (Lipinski definition) is 3. The van der Waals surface area contributed by atoms with E-state index in [1.807, 2.05) is 0 Å². The van der Waals surface area contributed by atoms with Gasteiger partial charge in [-0.15, -0.1) is 0 Å². The van der Waals surface area contributed by atoms with Gasteiger partial charge in [0.1, 0.15) is 0 Å². The summed E-state index contributed by atoms with van der Waals surface area (Å²) in [6, 6.07) is 8.76. The average Bonchev–Trinajstić information content (AvgIpc) is 2.53. The van der Waals surface area contributed by atoms with Gasteiger partial charge in [0, 0.05) is 12.6 Å². The Hall–Kier alpha value is -0.900. The molecule has 0 amide bonds. The van der Waals surface area contributed by atoms with Crippen LogP contribution in [0.5, 0.6) is 0 Å². The molecule has 0 aliphatic heterocycles. The van der Waals surface area contributed by atoms with Gasteiger partial charge in [0.15, 0.2) is 0 Å². The second-order valence-electron chi connectivity index (χ2n) is 6.35. The summed E-state index contributed by atoms with van der Waals surface area (Å²) in [6.07, 6.45) is 7.58. The first kappa shape index (κ1) is 21.1. The molecule has 2 rings (SSSR count). The monoisotopic (exact) mass is 307 g/mol. The van der Waals surface area contributed by atoms with Gasteiger partial charge in [-0.05, 0) is 57.1 Å². The normalized spacial score (nSPS) is 20.3. The third-order valence-corrected chi connectivity index (χ3v) is 3.97. The Morgan fingerprint density at radius 1 is 1.00 bits per heavy atom. The largest absolute Gasteiger partial charge is 0.330 e. The molecule has 0 unspecified atom stereocenters. The number of unbranched alkanes of at least 4 members (excludes halogenated alkanes) is 1. The predicted molar refractivity (Wildman–Crippen MR) is 98.6 cm³/mol. The second-order valence-corrected chi connectivity index (χ2v) is 6.35. The van der Waals surface area contributed by atoms with Crippen molar-refractivity contribution in [2.45, 2.75) is 71.9 Å². The third-order valence-electron chi connectivity index (χ3n) is 3.97. The number of benzene rings is 1. The first-order valence-corrected chi connectivity index (χ1v) is 8.74. The summed E-state index contributed by atoms with van der Waals surface area (Å²) in [7, 11) is 0. The maximum atomic E-state index is 5.70.